The number of hydrogen-bond donors (Lipinski definition) is 1. The summed E-state index contributed by atoms with van der Waals surface area (Å²) in [5, 5.41) is 6.91. The van der Waals surface area contributed by atoms with E-state index in [9.17, 15) is 0 Å². The lowest BCUT2D eigenvalue weighted by Crippen LogP contribution is -2.32. The molecule has 0 spiro atoms. The number of nitrogens with one attached hydrogen (secondary N) is 1. The monoisotopic (exact) mass is 311 g/mol. The van der Waals surface area contributed by atoms with Crippen molar-refractivity contribution in [3.63, 3.8) is 0 Å². The fourth-order valence-electron chi connectivity index (χ4n) is 3.73. The average molecular weight is 312 g/mol. The van der Waals surface area contributed by atoms with Crippen molar-refractivity contribution in [3.05, 3.63) is 21.3 Å². The number of hydrogen-bond acceptors (Lipinski definition) is 2. The van der Waals surface area contributed by atoms with Crippen LogP contribution in [0.25, 0.3) is 0 Å². The van der Waals surface area contributed by atoms with E-state index in [2.05, 4.69) is 23.7 Å². The molecule has 0 saturated heterocycles. The highest BCUT2D eigenvalue weighted by Crippen LogP contribution is 2.46. The van der Waals surface area contributed by atoms with Crippen LogP contribution in [-0.4, -0.2) is 12.6 Å². The summed E-state index contributed by atoms with van der Waals surface area (Å²) in [4.78, 5) is 1.45. The molecule has 1 aromatic heterocycles. The van der Waals surface area contributed by atoms with Crippen LogP contribution in [0.15, 0.2) is 11.4 Å². The standard InChI is InChI=1S/C17H26ClNS/c1-2-3-12-4-5-13(11-19-14-6-7-14)15(10-12)17-16(18)8-9-20-17/h8-9,12-15,19H,2-7,10-11H2,1H3. The zero-order chi connectivity index (χ0) is 13.9. The Morgan fingerprint density at radius 1 is 1.30 bits per heavy atom. The van der Waals surface area contributed by atoms with E-state index in [1.807, 2.05) is 11.3 Å². The third kappa shape index (κ3) is 3.58. The first-order valence-corrected chi connectivity index (χ1v) is 9.50. The predicted octanol–water partition coefficient (Wildman–Crippen LogP) is 5.45. The molecule has 20 heavy (non-hydrogen) atoms. The molecule has 1 aromatic rings. The maximum atomic E-state index is 6.43. The SMILES string of the molecule is CCCC1CCC(CNC2CC2)C(c2sccc2Cl)C1. The van der Waals surface area contributed by atoms with E-state index in [0.29, 0.717) is 5.92 Å². The maximum absolute atomic E-state index is 6.43. The summed E-state index contributed by atoms with van der Waals surface area (Å²) in [5.41, 5.74) is 0. The van der Waals surface area contributed by atoms with Gasteiger partial charge in [0.05, 0.1) is 5.02 Å². The minimum atomic E-state index is 0.694. The highest BCUT2D eigenvalue weighted by molar-refractivity contribution is 7.10. The van der Waals surface area contributed by atoms with Gasteiger partial charge in [-0.25, -0.2) is 0 Å². The van der Waals surface area contributed by atoms with Crippen LogP contribution in [-0.2, 0) is 0 Å². The minimum Gasteiger partial charge on any atom is -0.314 e. The van der Waals surface area contributed by atoms with E-state index in [1.165, 1.54) is 56.4 Å². The number of rotatable bonds is 6. The molecule has 2 saturated carbocycles. The second-order valence-electron chi connectivity index (χ2n) is 6.65. The van der Waals surface area contributed by atoms with Gasteiger partial charge in [0.2, 0.25) is 0 Å². The molecule has 3 unspecified atom stereocenters. The Balaban J connectivity index is 1.68. The van der Waals surface area contributed by atoms with Crippen molar-refractivity contribution >= 4 is 22.9 Å². The van der Waals surface area contributed by atoms with Crippen LogP contribution in [0.5, 0.6) is 0 Å². The van der Waals surface area contributed by atoms with Crippen LogP contribution in [0.3, 0.4) is 0 Å². The molecule has 0 amide bonds. The molecule has 0 radical (unpaired) electrons. The number of halogens is 1. The van der Waals surface area contributed by atoms with Gasteiger partial charge in [-0.15, -0.1) is 11.3 Å². The van der Waals surface area contributed by atoms with Gasteiger partial charge in [0.15, 0.2) is 0 Å². The van der Waals surface area contributed by atoms with Crippen molar-refractivity contribution in [2.45, 2.75) is 63.8 Å². The average Bonchev–Trinajstić information content (AvgIpc) is 3.18. The molecule has 0 aliphatic heterocycles. The fourth-order valence-corrected chi connectivity index (χ4v) is 5.14. The number of thiophene rings is 1. The van der Waals surface area contributed by atoms with Crippen LogP contribution >= 0.6 is 22.9 Å². The summed E-state index contributed by atoms with van der Waals surface area (Å²) in [7, 11) is 0. The molecule has 0 bridgehead atoms. The molecular formula is C17H26ClNS. The summed E-state index contributed by atoms with van der Waals surface area (Å²) in [6.45, 7) is 3.51. The molecule has 1 N–H and O–H groups in total. The molecule has 2 aliphatic rings. The van der Waals surface area contributed by atoms with Gasteiger partial charge in [-0.05, 0) is 61.4 Å². The first-order chi connectivity index (χ1) is 9.78. The highest BCUT2D eigenvalue weighted by Gasteiger charge is 2.34. The van der Waals surface area contributed by atoms with Crippen LogP contribution in [0.1, 0.15) is 62.7 Å². The van der Waals surface area contributed by atoms with Crippen molar-refractivity contribution in [1.82, 2.24) is 5.32 Å². The van der Waals surface area contributed by atoms with Gasteiger partial charge in [0.1, 0.15) is 0 Å². The second-order valence-corrected chi connectivity index (χ2v) is 8.00. The first-order valence-electron chi connectivity index (χ1n) is 8.24. The Hall–Kier alpha value is -0.0500. The summed E-state index contributed by atoms with van der Waals surface area (Å²) in [5.74, 6) is 2.40. The molecule has 112 valence electrons. The van der Waals surface area contributed by atoms with Crippen LogP contribution in [0.2, 0.25) is 5.02 Å². The van der Waals surface area contributed by atoms with Gasteiger partial charge < -0.3 is 5.32 Å². The molecule has 1 heterocycles. The van der Waals surface area contributed by atoms with Gasteiger partial charge in [-0.1, -0.05) is 37.8 Å². The molecule has 2 aliphatic carbocycles. The van der Waals surface area contributed by atoms with Crippen molar-refractivity contribution in [3.8, 4) is 0 Å². The topological polar surface area (TPSA) is 12.0 Å². The lowest BCUT2D eigenvalue weighted by molar-refractivity contribution is 0.222. The van der Waals surface area contributed by atoms with Crippen molar-refractivity contribution in [1.29, 1.82) is 0 Å². The second kappa shape index (κ2) is 6.81. The van der Waals surface area contributed by atoms with Crippen molar-refractivity contribution < 1.29 is 0 Å². The Morgan fingerprint density at radius 2 is 2.15 bits per heavy atom. The van der Waals surface area contributed by atoms with Crippen LogP contribution < -0.4 is 5.32 Å². The Morgan fingerprint density at radius 3 is 2.80 bits per heavy atom. The Bertz CT molecular complexity index is 426. The zero-order valence-corrected chi connectivity index (χ0v) is 14.0. The van der Waals surface area contributed by atoms with Gasteiger partial charge in [-0.3, -0.25) is 0 Å². The van der Waals surface area contributed by atoms with Gasteiger partial charge in [0, 0.05) is 10.9 Å². The lowest BCUT2D eigenvalue weighted by Gasteiger charge is -2.36. The molecule has 1 nitrogen and oxygen atoms in total. The molecule has 3 atom stereocenters. The van der Waals surface area contributed by atoms with E-state index < -0.39 is 0 Å². The minimum absolute atomic E-state index is 0.694. The Labute approximate surface area is 132 Å². The van der Waals surface area contributed by atoms with E-state index in [0.717, 1.165) is 22.9 Å². The Kier molecular flexibility index (Phi) is 5.06. The molecule has 2 fully saturated rings. The summed E-state index contributed by atoms with van der Waals surface area (Å²) in [6, 6.07) is 2.90. The molecule has 3 rings (SSSR count). The van der Waals surface area contributed by atoms with Crippen LogP contribution in [0.4, 0.5) is 0 Å². The lowest BCUT2D eigenvalue weighted by atomic mass is 9.72. The van der Waals surface area contributed by atoms with E-state index in [-0.39, 0.29) is 0 Å². The highest BCUT2D eigenvalue weighted by atomic mass is 35.5. The van der Waals surface area contributed by atoms with Crippen LogP contribution in [0, 0.1) is 11.8 Å². The molecule has 3 heteroatoms. The van der Waals surface area contributed by atoms with Crippen molar-refractivity contribution in [2.75, 3.05) is 6.54 Å². The van der Waals surface area contributed by atoms with E-state index in [4.69, 9.17) is 11.6 Å². The van der Waals surface area contributed by atoms with E-state index >= 15 is 0 Å². The quantitative estimate of drug-likeness (QED) is 0.736. The molecule has 0 aromatic carbocycles. The third-order valence-electron chi connectivity index (χ3n) is 5.03. The smallest absolute Gasteiger partial charge is 0.0547 e. The third-order valence-corrected chi connectivity index (χ3v) is 6.52. The largest absolute Gasteiger partial charge is 0.314 e. The zero-order valence-electron chi connectivity index (χ0n) is 12.4. The van der Waals surface area contributed by atoms with Gasteiger partial charge >= 0.3 is 0 Å². The summed E-state index contributed by atoms with van der Waals surface area (Å²) in [6.07, 6.45) is 9.63. The normalized spacial score (nSPS) is 30.6. The van der Waals surface area contributed by atoms with Crippen molar-refractivity contribution in [2.24, 2.45) is 11.8 Å². The van der Waals surface area contributed by atoms with E-state index in [1.54, 1.807) is 0 Å². The fraction of sp³-hybridized carbons (Fsp3) is 0.765. The maximum Gasteiger partial charge on any atom is 0.0547 e. The first kappa shape index (κ1) is 14.9. The summed E-state index contributed by atoms with van der Waals surface area (Å²) < 4.78 is 0. The molecular weight excluding hydrogens is 286 g/mol. The van der Waals surface area contributed by atoms with Gasteiger partial charge in [-0.2, -0.15) is 0 Å². The predicted molar refractivity (Wildman–Crippen MR) is 88.8 cm³/mol. The van der Waals surface area contributed by atoms with Gasteiger partial charge in [0.25, 0.3) is 0 Å². The summed E-state index contributed by atoms with van der Waals surface area (Å²) >= 11 is 8.30.